The molecule has 1 aromatic carbocycles. The van der Waals surface area contributed by atoms with Crippen LogP contribution in [0.15, 0.2) is 30.9 Å². The zero-order valence-electron chi connectivity index (χ0n) is 12.0. The Labute approximate surface area is 123 Å². The molecule has 112 valence electrons. The molecule has 5 nitrogen and oxygen atoms in total. The molecule has 21 heavy (non-hydrogen) atoms. The van der Waals surface area contributed by atoms with Crippen LogP contribution in [0.25, 0.3) is 5.69 Å². The van der Waals surface area contributed by atoms with Gasteiger partial charge in [-0.15, -0.1) is 0 Å². The van der Waals surface area contributed by atoms with Crippen LogP contribution in [-0.4, -0.2) is 33.5 Å². The lowest BCUT2D eigenvalue weighted by Gasteiger charge is -2.30. The van der Waals surface area contributed by atoms with Gasteiger partial charge in [0.05, 0.1) is 6.10 Å². The number of anilines is 1. The number of rotatable bonds is 4. The number of halogens is 1. The van der Waals surface area contributed by atoms with Gasteiger partial charge < -0.3 is 10.1 Å². The van der Waals surface area contributed by atoms with Gasteiger partial charge in [-0.05, 0) is 37.5 Å². The first-order valence-corrected chi connectivity index (χ1v) is 7.29. The van der Waals surface area contributed by atoms with Crippen molar-refractivity contribution in [2.45, 2.75) is 38.3 Å². The van der Waals surface area contributed by atoms with Crippen molar-refractivity contribution in [1.29, 1.82) is 0 Å². The van der Waals surface area contributed by atoms with Crippen LogP contribution in [0, 0.1) is 5.82 Å². The number of hydrogen-bond donors (Lipinski definition) is 1. The van der Waals surface area contributed by atoms with Gasteiger partial charge in [0.2, 0.25) is 0 Å². The molecular formula is C15H19FN4O. The summed E-state index contributed by atoms with van der Waals surface area (Å²) in [7, 11) is 0. The second-order valence-corrected chi connectivity index (χ2v) is 5.27. The number of benzene rings is 1. The van der Waals surface area contributed by atoms with Crippen molar-refractivity contribution in [2.75, 3.05) is 11.9 Å². The normalized spacial score (nSPS) is 22.2. The molecule has 2 unspecified atom stereocenters. The van der Waals surface area contributed by atoms with Crippen molar-refractivity contribution in [3.8, 4) is 5.69 Å². The van der Waals surface area contributed by atoms with Crippen molar-refractivity contribution >= 4 is 5.69 Å². The lowest BCUT2D eigenvalue weighted by atomic mass is 10.0. The average molecular weight is 290 g/mol. The lowest BCUT2D eigenvalue weighted by Crippen LogP contribution is -2.33. The van der Waals surface area contributed by atoms with Crippen molar-refractivity contribution in [1.82, 2.24) is 14.8 Å². The minimum Gasteiger partial charge on any atom is -0.382 e. The number of ether oxygens (including phenoxy) is 1. The maximum atomic E-state index is 14.2. The van der Waals surface area contributed by atoms with E-state index in [1.807, 2.05) is 6.07 Å². The number of hydrogen-bond acceptors (Lipinski definition) is 4. The van der Waals surface area contributed by atoms with Crippen molar-refractivity contribution in [2.24, 2.45) is 0 Å². The molecule has 2 atom stereocenters. The van der Waals surface area contributed by atoms with Gasteiger partial charge in [0.25, 0.3) is 0 Å². The third kappa shape index (κ3) is 3.21. The topological polar surface area (TPSA) is 52.0 Å². The lowest BCUT2D eigenvalue weighted by molar-refractivity contribution is 0.00925. The highest BCUT2D eigenvalue weighted by Crippen LogP contribution is 2.23. The largest absolute Gasteiger partial charge is 0.382 e. The molecule has 0 spiro atoms. The van der Waals surface area contributed by atoms with Crippen LogP contribution < -0.4 is 5.32 Å². The van der Waals surface area contributed by atoms with Gasteiger partial charge >= 0.3 is 0 Å². The predicted octanol–water partition coefficient (Wildman–Crippen LogP) is 2.78. The predicted molar refractivity (Wildman–Crippen MR) is 78.0 cm³/mol. The molecule has 2 heterocycles. The van der Waals surface area contributed by atoms with Crippen molar-refractivity contribution in [3.63, 3.8) is 0 Å². The third-order valence-electron chi connectivity index (χ3n) is 3.81. The maximum absolute atomic E-state index is 14.2. The quantitative estimate of drug-likeness (QED) is 0.940. The summed E-state index contributed by atoms with van der Waals surface area (Å²) in [6.45, 7) is 2.88. The Hall–Kier alpha value is -1.95. The molecule has 1 aliphatic rings. The van der Waals surface area contributed by atoms with E-state index in [1.54, 1.807) is 6.07 Å². The highest BCUT2D eigenvalue weighted by atomic mass is 19.1. The smallest absolute Gasteiger partial charge is 0.150 e. The number of nitrogens with one attached hydrogen (secondary N) is 1. The summed E-state index contributed by atoms with van der Waals surface area (Å²) in [5.74, 6) is -0.315. The number of aromatic nitrogens is 3. The minimum absolute atomic E-state index is 0.301. The molecule has 1 aromatic heterocycles. The third-order valence-corrected chi connectivity index (χ3v) is 3.81. The molecule has 1 N–H and O–H groups in total. The molecule has 0 saturated carbocycles. The van der Waals surface area contributed by atoms with Gasteiger partial charge in [-0.25, -0.2) is 14.1 Å². The average Bonchev–Trinajstić information content (AvgIpc) is 3.01. The van der Waals surface area contributed by atoms with E-state index in [2.05, 4.69) is 22.3 Å². The van der Waals surface area contributed by atoms with Gasteiger partial charge in [0.1, 0.15) is 18.3 Å². The summed E-state index contributed by atoms with van der Waals surface area (Å²) in [6, 6.07) is 5.42. The number of nitrogens with zero attached hydrogens (tertiary/aromatic N) is 3. The van der Waals surface area contributed by atoms with Crippen LogP contribution >= 0.6 is 0 Å². The second-order valence-electron chi connectivity index (χ2n) is 5.27. The van der Waals surface area contributed by atoms with Crippen molar-refractivity contribution < 1.29 is 9.13 Å². The molecule has 0 amide bonds. The van der Waals surface area contributed by atoms with Crippen LogP contribution in [0.4, 0.5) is 10.1 Å². The van der Waals surface area contributed by atoms with Crippen LogP contribution in [0.2, 0.25) is 0 Å². The summed E-state index contributed by atoms with van der Waals surface area (Å²) in [5, 5.41) is 7.34. The summed E-state index contributed by atoms with van der Waals surface area (Å²) >= 11 is 0. The first-order chi connectivity index (χ1) is 10.3. The first kappa shape index (κ1) is 14.0. The van der Waals surface area contributed by atoms with Crippen LogP contribution in [-0.2, 0) is 4.74 Å². The Bertz CT molecular complexity index is 587. The summed E-state index contributed by atoms with van der Waals surface area (Å²) in [6.07, 6.45) is 6.09. The Morgan fingerprint density at radius 2 is 2.38 bits per heavy atom. The van der Waals surface area contributed by atoms with Gasteiger partial charge in [-0.3, -0.25) is 0 Å². The molecule has 1 fully saturated rings. The molecule has 1 saturated heterocycles. The second kappa shape index (κ2) is 6.22. The zero-order chi connectivity index (χ0) is 14.7. The molecular weight excluding hydrogens is 271 g/mol. The fourth-order valence-corrected chi connectivity index (χ4v) is 2.65. The fourth-order valence-electron chi connectivity index (χ4n) is 2.65. The van der Waals surface area contributed by atoms with Gasteiger partial charge in [-0.1, -0.05) is 6.92 Å². The van der Waals surface area contributed by atoms with Crippen LogP contribution in [0.1, 0.15) is 26.2 Å². The molecule has 0 bridgehead atoms. The molecule has 3 rings (SSSR count). The minimum atomic E-state index is -0.315. The van der Waals surface area contributed by atoms with E-state index in [1.165, 1.54) is 23.4 Å². The highest BCUT2D eigenvalue weighted by Gasteiger charge is 2.21. The Kier molecular flexibility index (Phi) is 4.15. The standard InChI is InChI=1S/C15H19FN4O/c1-2-13-7-12(5-6-21-13)19-11-3-4-15(14(16)8-11)20-10-17-9-18-20/h3-4,8-10,12-13,19H,2,5-7H2,1H3. The van der Waals surface area contributed by atoms with E-state index in [0.29, 0.717) is 17.8 Å². The molecule has 1 aliphatic heterocycles. The van der Waals surface area contributed by atoms with Gasteiger partial charge in [-0.2, -0.15) is 5.10 Å². The van der Waals surface area contributed by atoms with E-state index in [4.69, 9.17) is 4.74 Å². The van der Waals surface area contributed by atoms with Crippen LogP contribution in [0.5, 0.6) is 0 Å². The Morgan fingerprint density at radius 1 is 1.48 bits per heavy atom. The Morgan fingerprint density at radius 3 is 3.10 bits per heavy atom. The summed E-state index contributed by atoms with van der Waals surface area (Å²) in [4.78, 5) is 3.83. The van der Waals surface area contributed by atoms with E-state index in [0.717, 1.165) is 31.6 Å². The monoisotopic (exact) mass is 290 g/mol. The molecule has 6 heteroatoms. The van der Waals surface area contributed by atoms with Crippen molar-refractivity contribution in [3.05, 3.63) is 36.7 Å². The van der Waals surface area contributed by atoms with E-state index in [-0.39, 0.29) is 5.82 Å². The maximum Gasteiger partial charge on any atom is 0.150 e. The fraction of sp³-hybridized carbons (Fsp3) is 0.467. The first-order valence-electron chi connectivity index (χ1n) is 7.29. The summed E-state index contributed by atoms with van der Waals surface area (Å²) < 4.78 is 21.2. The van der Waals surface area contributed by atoms with E-state index < -0.39 is 0 Å². The molecule has 2 aromatic rings. The molecule has 0 aliphatic carbocycles. The van der Waals surface area contributed by atoms with Gasteiger partial charge in [0, 0.05) is 18.3 Å². The van der Waals surface area contributed by atoms with E-state index >= 15 is 0 Å². The molecule has 0 radical (unpaired) electrons. The van der Waals surface area contributed by atoms with Crippen LogP contribution in [0.3, 0.4) is 0 Å². The summed E-state index contributed by atoms with van der Waals surface area (Å²) in [5.41, 5.74) is 1.19. The SMILES string of the molecule is CCC1CC(Nc2ccc(-n3cncn3)c(F)c2)CCO1. The highest BCUT2D eigenvalue weighted by molar-refractivity contribution is 5.50. The Balaban J connectivity index is 1.71. The zero-order valence-corrected chi connectivity index (χ0v) is 12.0. The van der Waals surface area contributed by atoms with E-state index in [9.17, 15) is 4.39 Å². The van der Waals surface area contributed by atoms with Gasteiger partial charge in [0.15, 0.2) is 5.82 Å².